The number of hydrogen-bond acceptors (Lipinski definition) is 4. The fourth-order valence-corrected chi connectivity index (χ4v) is 0. The molecule has 38 valence electrons. The van der Waals surface area contributed by atoms with Gasteiger partial charge in [-0.2, -0.15) is 0 Å². The van der Waals surface area contributed by atoms with Crippen molar-refractivity contribution in [3.8, 4) is 0 Å². The van der Waals surface area contributed by atoms with E-state index in [1.54, 1.807) is 0 Å². The first kappa shape index (κ1) is 6.27. The quantitative estimate of drug-likeness (QED) is 0.331. The van der Waals surface area contributed by atoms with E-state index in [0.29, 0.717) is 0 Å². The van der Waals surface area contributed by atoms with Gasteiger partial charge in [-0.25, -0.2) is 0 Å². The molecule has 0 aromatic rings. The van der Waals surface area contributed by atoms with Gasteiger partial charge < -0.3 is 0 Å². The summed E-state index contributed by atoms with van der Waals surface area (Å²) in [6.45, 7) is 0. The molecule has 0 spiro atoms. The Morgan fingerprint density at radius 2 is 1.33 bits per heavy atom. The second-order valence-electron chi connectivity index (χ2n) is 0.880. The summed E-state index contributed by atoms with van der Waals surface area (Å²) in [4.78, 5) is 0. The number of hydrogen-bond donors (Lipinski definition) is 0. The Hall–Kier alpha value is 0.269. The van der Waals surface area contributed by atoms with E-state index >= 15 is 0 Å². The average molecular weight is 146 g/mol. The molecule has 0 rings (SSSR count). The van der Waals surface area contributed by atoms with Crippen molar-refractivity contribution in [1.82, 2.24) is 0 Å². The standard InChI is InChI=1S/Cr.4O.H2Si/h;;;;;1H2/q;;;2*-1;. The fourth-order valence-electron chi connectivity index (χ4n) is 0. The van der Waals surface area contributed by atoms with Gasteiger partial charge in [0, 0.05) is 0 Å². The zero-order valence-electron chi connectivity index (χ0n) is 2.75. The van der Waals surface area contributed by atoms with E-state index in [-0.39, 0.29) is 8.34 Å². The third kappa shape index (κ3) is 629. The van der Waals surface area contributed by atoms with Crippen LogP contribution < -0.4 is 8.32 Å². The van der Waals surface area contributed by atoms with E-state index < -0.39 is 11.4 Å². The van der Waals surface area contributed by atoms with Crippen molar-refractivity contribution in [3.05, 3.63) is 0 Å². The third-order valence-electron chi connectivity index (χ3n) is 0. The normalized spacial score (nSPS) is 14.5. The Balaban J connectivity index is 5.37. The van der Waals surface area contributed by atoms with E-state index in [1.165, 1.54) is 0 Å². The van der Waals surface area contributed by atoms with E-state index in [2.05, 4.69) is 0 Å². The molecule has 0 aliphatic heterocycles. The van der Waals surface area contributed by atoms with E-state index in [4.69, 9.17) is 0 Å². The van der Waals surface area contributed by atoms with Gasteiger partial charge in [0.15, 0.2) is 0 Å². The molecule has 0 heterocycles. The summed E-state index contributed by atoms with van der Waals surface area (Å²) in [6, 6.07) is 0. The van der Waals surface area contributed by atoms with Gasteiger partial charge in [-0.05, 0) is 0 Å². The Morgan fingerprint density at radius 3 is 1.33 bits per heavy atom. The van der Waals surface area contributed by atoms with Gasteiger partial charge in [0.1, 0.15) is 0 Å². The fraction of sp³-hybridized carbons (Fsp3) is 0. The van der Waals surface area contributed by atoms with Crippen molar-refractivity contribution in [1.29, 1.82) is 0 Å². The second-order valence-corrected chi connectivity index (χ2v) is 7.51. The summed E-state index contributed by atoms with van der Waals surface area (Å²) in [5.41, 5.74) is 0. The summed E-state index contributed by atoms with van der Waals surface area (Å²) in [6.07, 6.45) is 0. The van der Waals surface area contributed by atoms with E-state index in [9.17, 15) is 15.9 Å². The van der Waals surface area contributed by atoms with Crippen LogP contribution in [0.1, 0.15) is 0 Å². The summed E-state index contributed by atoms with van der Waals surface area (Å²) >= 11 is -6.35. The molecule has 0 bridgehead atoms. The molecule has 6 heavy (non-hydrogen) atoms. The van der Waals surface area contributed by atoms with Crippen LogP contribution in [-0.4, -0.2) is 8.34 Å². The predicted octanol–water partition coefficient (Wildman–Crippen LogP) is -3.53. The second kappa shape index (κ2) is 0.911. The molecule has 0 saturated carbocycles. The summed E-state index contributed by atoms with van der Waals surface area (Å²) in [5, 5.41) is 0. The van der Waals surface area contributed by atoms with Gasteiger partial charge in [0.25, 0.3) is 0 Å². The van der Waals surface area contributed by atoms with Crippen molar-refractivity contribution in [2.75, 3.05) is 0 Å². The Labute approximate surface area is 36.4 Å². The molecule has 0 atom stereocenters. The monoisotopic (exact) mass is 146 g/mol. The minimum absolute atomic E-state index is 0.0355. The van der Waals surface area contributed by atoms with Crippen molar-refractivity contribution >= 4 is 8.34 Å². The molecule has 0 amide bonds. The Kier molecular flexibility index (Phi) is 0.952. The van der Waals surface area contributed by atoms with E-state index in [0.717, 1.165) is 0 Å². The van der Waals surface area contributed by atoms with Gasteiger partial charge in [-0.3, -0.25) is 0 Å². The zero-order valence-corrected chi connectivity index (χ0v) is 5.44. The average Bonchev–Trinajstić information content (AvgIpc) is 0.650. The molecule has 0 aliphatic rings. The van der Waals surface area contributed by atoms with Crippen LogP contribution in [-0.2, 0) is 19.0 Å². The molecule has 0 aromatic carbocycles. The molecule has 0 unspecified atom stereocenters. The Bertz CT molecular complexity index is 186. The van der Waals surface area contributed by atoms with Gasteiger partial charge in [0.05, 0.1) is 0 Å². The van der Waals surface area contributed by atoms with Gasteiger partial charge in [0.2, 0.25) is 0 Å². The van der Waals surface area contributed by atoms with Crippen molar-refractivity contribution in [2.24, 2.45) is 0 Å². The van der Waals surface area contributed by atoms with Gasteiger partial charge >= 0.3 is 35.7 Å². The summed E-state index contributed by atoms with van der Waals surface area (Å²) in [7, 11) is -0.0355. The maximum atomic E-state index is 9.19. The van der Waals surface area contributed by atoms with Crippen LogP contribution in [0.3, 0.4) is 0 Å². The number of rotatable bonds is 0. The predicted molar refractivity (Wildman–Crippen MR) is 9.92 cm³/mol. The van der Waals surface area contributed by atoms with Crippen LogP contribution in [0.5, 0.6) is 0 Å². The zero-order chi connectivity index (χ0) is 5.45. The molecule has 0 fully saturated rings. The van der Waals surface area contributed by atoms with Crippen LogP contribution in [0, 0.1) is 0 Å². The molecule has 4 nitrogen and oxygen atoms in total. The molecule has 0 saturated heterocycles. The topological polar surface area (TPSA) is 80.3 Å². The van der Waals surface area contributed by atoms with Crippen LogP contribution in [0.4, 0.5) is 0 Å². The van der Waals surface area contributed by atoms with Crippen LogP contribution in [0.15, 0.2) is 0 Å². The van der Waals surface area contributed by atoms with Gasteiger partial charge in [-0.15, -0.1) is 0 Å². The molecule has 0 N–H and O–H groups in total. The summed E-state index contributed by atoms with van der Waals surface area (Å²) < 4.78 is 36.8. The van der Waals surface area contributed by atoms with Crippen LogP contribution >= 0.6 is 0 Å². The Morgan fingerprint density at radius 1 is 1.33 bits per heavy atom. The van der Waals surface area contributed by atoms with Gasteiger partial charge in [-0.1, -0.05) is 0 Å². The SMILES string of the molecule is [O]=[Cr](=[O])([O-])([O-])=[SiH2]. The van der Waals surface area contributed by atoms with Crippen LogP contribution in [0.25, 0.3) is 0 Å². The van der Waals surface area contributed by atoms with Crippen molar-refractivity contribution < 1.29 is 27.3 Å². The van der Waals surface area contributed by atoms with Crippen molar-refractivity contribution in [3.63, 3.8) is 0 Å². The first-order valence-corrected chi connectivity index (χ1v) is 6.32. The van der Waals surface area contributed by atoms with Crippen molar-refractivity contribution in [2.45, 2.75) is 0 Å². The summed E-state index contributed by atoms with van der Waals surface area (Å²) in [5.74, 6) is 0. The molecule has 0 aliphatic carbocycles. The third-order valence-corrected chi connectivity index (χ3v) is 0. The van der Waals surface area contributed by atoms with E-state index in [1.807, 2.05) is 0 Å². The molecule has 0 radical (unpaired) electrons. The van der Waals surface area contributed by atoms with Crippen LogP contribution in [0.2, 0.25) is 0 Å². The molecular weight excluding hydrogens is 144 g/mol. The first-order valence-electron chi connectivity index (χ1n) is 0.955. The molecular formula is H2CrO4Si-2. The maximum absolute atomic E-state index is 9.19. The molecule has 0 aromatic heterocycles. The first-order chi connectivity index (χ1) is 2.24. The molecule has 6 heteroatoms. The minimum atomic E-state index is -6.35.